The van der Waals surface area contributed by atoms with Gasteiger partial charge in [0.15, 0.2) is 5.13 Å². The van der Waals surface area contributed by atoms with Gasteiger partial charge in [0.05, 0.1) is 19.8 Å². The van der Waals surface area contributed by atoms with Crippen LogP contribution >= 0.6 is 11.3 Å². The van der Waals surface area contributed by atoms with E-state index < -0.39 is 0 Å². The fourth-order valence-corrected chi connectivity index (χ4v) is 3.00. The van der Waals surface area contributed by atoms with Crippen molar-refractivity contribution in [2.75, 3.05) is 40.0 Å². The minimum absolute atomic E-state index is 0.140. The highest BCUT2D eigenvalue weighted by atomic mass is 32.1. The molecule has 0 saturated heterocycles. The van der Waals surface area contributed by atoms with Gasteiger partial charge < -0.3 is 14.7 Å². The number of benzene rings is 1. The second kappa shape index (κ2) is 7.69. The van der Waals surface area contributed by atoms with Crippen LogP contribution in [-0.4, -0.2) is 50.0 Å². The molecule has 1 aromatic carbocycles. The van der Waals surface area contributed by atoms with Crippen LogP contribution in [0.4, 0.5) is 4.39 Å². The molecule has 110 valence electrons. The summed E-state index contributed by atoms with van der Waals surface area (Å²) in [5.74, 6) is 0. The van der Waals surface area contributed by atoms with Gasteiger partial charge in [0.25, 0.3) is 0 Å². The lowest BCUT2D eigenvalue weighted by molar-refractivity contribution is 0.107. The van der Waals surface area contributed by atoms with Crippen LogP contribution in [0.2, 0.25) is 0 Å². The molecule has 0 aliphatic rings. The minimum atomic E-state index is -0.140. The summed E-state index contributed by atoms with van der Waals surface area (Å²) < 4.78 is 19.9. The number of halogens is 1. The lowest BCUT2D eigenvalue weighted by Crippen LogP contribution is -2.26. The van der Waals surface area contributed by atoms with Crippen LogP contribution in [0.15, 0.2) is 24.3 Å². The molecular formula is C15H20FNO2S. The monoisotopic (exact) mass is 297 g/mol. The fourth-order valence-electron chi connectivity index (χ4n) is 2.08. The first-order valence-corrected chi connectivity index (χ1v) is 7.56. The molecular weight excluding hydrogens is 277 g/mol. The largest absolute Gasteiger partial charge is 0.395 e. The first kappa shape index (κ1) is 15.4. The Bertz CT molecular complexity index is 544. The van der Waals surface area contributed by atoms with E-state index in [-0.39, 0.29) is 11.7 Å². The van der Waals surface area contributed by atoms with Crippen molar-refractivity contribution in [3.63, 3.8) is 0 Å². The maximum atomic E-state index is 13.3. The molecule has 5 heteroatoms. The first-order chi connectivity index (χ1) is 9.70. The number of hydrogen-bond donors (Lipinski definition) is 1. The summed E-state index contributed by atoms with van der Waals surface area (Å²) in [4.78, 5) is 2.02. The van der Waals surface area contributed by atoms with Crippen molar-refractivity contribution < 1.29 is 14.2 Å². The highest BCUT2D eigenvalue weighted by molar-refractivity contribution is 7.17. The summed E-state index contributed by atoms with van der Waals surface area (Å²) in [6.45, 7) is 2.91. The van der Waals surface area contributed by atoms with Crippen molar-refractivity contribution in [1.82, 2.24) is 4.90 Å². The second-order valence-corrected chi connectivity index (χ2v) is 5.78. The normalized spacial score (nSPS) is 11.6. The van der Waals surface area contributed by atoms with Gasteiger partial charge in [-0.2, -0.15) is 4.39 Å². The molecule has 0 spiro atoms. The van der Waals surface area contributed by atoms with Crippen LogP contribution in [0, 0.1) is 5.13 Å². The molecule has 1 aromatic heterocycles. The van der Waals surface area contributed by atoms with Crippen molar-refractivity contribution in [2.24, 2.45) is 0 Å². The Hall–Kier alpha value is -1.01. The average molecular weight is 297 g/mol. The van der Waals surface area contributed by atoms with E-state index in [1.165, 1.54) is 11.3 Å². The molecule has 0 amide bonds. The van der Waals surface area contributed by atoms with E-state index >= 15 is 0 Å². The Labute approximate surface area is 122 Å². The van der Waals surface area contributed by atoms with Crippen molar-refractivity contribution in [3.05, 3.63) is 35.0 Å². The van der Waals surface area contributed by atoms with E-state index in [1.54, 1.807) is 6.07 Å². The maximum Gasteiger partial charge on any atom is 0.177 e. The summed E-state index contributed by atoms with van der Waals surface area (Å²) in [6, 6.07) is 7.50. The predicted octanol–water partition coefficient (Wildman–Crippen LogP) is 2.52. The number of likely N-dealkylation sites (N-methyl/N-ethyl adjacent to an activating group) is 1. The van der Waals surface area contributed by atoms with Gasteiger partial charge >= 0.3 is 0 Å². The van der Waals surface area contributed by atoms with E-state index in [4.69, 9.17) is 9.84 Å². The number of ether oxygens (including phenoxy) is 1. The summed E-state index contributed by atoms with van der Waals surface area (Å²) in [6.07, 6.45) is 0.793. The lowest BCUT2D eigenvalue weighted by atomic mass is 10.1. The number of fused-ring (bicyclic) bond motifs is 1. The van der Waals surface area contributed by atoms with Crippen LogP contribution in [0.1, 0.15) is 5.56 Å². The molecule has 0 saturated carbocycles. The highest BCUT2D eigenvalue weighted by Gasteiger charge is 2.06. The third-order valence-electron chi connectivity index (χ3n) is 3.21. The summed E-state index contributed by atoms with van der Waals surface area (Å²) in [5.41, 5.74) is 1.14. The molecule has 20 heavy (non-hydrogen) atoms. The van der Waals surface area contributed by atoms with Crippen molar-refractivity contribution in [2.45, 2.75) is 6.42 Å². The Balaban J connectivity index is 1.78. The van der Waals surface area contributed by atoms with Gasteiger partial charge in [0.1, 0.15) is 0 Å². The zero-order valence-corrected chi connectivity index (χ0v) is 12.5. The second-order valence-electron chi connectivity index (χ2n) is 4.78. The Morgan fingerprint density at radius 3 is 2.95 bits per heavy atom. The molecule has 0 aliphatic carbocycles. The van der Waals surface area contributed by atoms with Crippen LogP contribution in [-0.2, 0) is 11.2 Å². The predicted molar refractivity (Wildman–Crippen MR) is 80.9 cm³/mol. The highest BCUT2D eigenvalue weighted by Crippen LogP contribution is 2.27. The summed E-state index contributed by atoms with van der Waals surface area (Å²) >= 11 is 1.20. The Kier molecular flexibility index (Phi) is 5.91. The smallest absolute Gasteiger partial charge is 0.177 e. The molecule has 1 N–H and O–H groups in total. The van der Waals surface area contributed by atoms with Crippen molar-refractivity contribution in [1.29, 1.82) is 0 Å². The Morgan fingerprint density at radius 1 is 1.30 bits per heavy atom. The summed E-state index contributed by atoms with van der Waals surface area (Å²) in [7, 11) is 1.95. The Morgan fingerprint density at radius 2 is 2.15 bits per heavy atom. The van der Waals surface area contributed by atoms with Crippen molar-refractivity contribution >= 4 is 21.4 Å². The lowest BCUT2D eigenvalue weighted by Gasteiger charge is -2.14. The third kappa shape index (κ3) is 4.24. The van der Waals surface area contributed by atoms with E-state index in [0.717, 1.165) is 28.6 Å². The summed E-state index contributed by atoms with van der Waals surface area (Å²) in [5, 5.41) is 9.60. The molecule has 3 nitrogen and oxygen atoms in total. The molecule has 0 unspecified atom stereocenters. The molecule has 0 aliphatic heterocycles. The van der Waals surface area contributed by atoms with Gasteiger partial charge in [-0.05, 0) is 30.5 Å². The van der Waals surface area contributed by atoms with Gasteiger partial charge in [-0.15, -0.1) is 11.3 Å². The molecule has 0 atom stereocenters. The van der Waals surface area contributed by atoms with Crippen LogP contribution in [0.5, 0.6) is 0 Å². The van der Waals surface area contributed by atoms with Crippen LogP contribution < -0.4 is 0 Å². The van der Waals surface area contributed by atoms with E-state index in [2.05, 4.69) is 0 Å². The van der Waals surface area contributed by atoms with E-state index in [0.29, 0.717) is 19.8 Å². The maximum absolute atomic E-state index is 13.3. The third-order valence-corrected chi connectivity index (χ3v) is 4.23. The van der Waals surface area contributed by atoms with Gasteiger partial charge in [0.2, 0.25) is 0 Å². The quantitative estimate of drug-likeness (QED) is 0.760. The zero-order chi connectivity index (χ0) is 14.4. The zero-order valence-electron chi connectivity index (χ0n) is 11.6. The SMILES string of the molecule is CN(CCO)CCOCCc1cccc2cc(F)sc12. The van der Waals surface area contributed by atoms with Gasteiger partial charge in [-0.25, -0.2) is 0 Å². The number of aliphatic hydroxyl groups excluding tert-OH is 1. The molecule has 0 fully saturated rings. The standard InChI is InChI=1S/C15H20FNO2S/c1-17(6-8-18)7-10-19-9-5-12-3-2-4-13-11-14(16)20-15(12)13/h2-4,11,18H,5-10H2,1H3. The number of hydrogen-bond acceptors (Lipinski definition) is 4. The molecule has 2 aromatic rings. The molecule has 0 radical (unpaired) electrons. The van der Waals surface area contributed by atoms with Crippen LogP contribution in [0.25, 0.3) is 10.1 Å². The van der Waals surface area contributed by atoms with Gasteiger partial charge in [-0.1, -0.05) is 18.2 Å². The fraction of sp³-hybridized carbons (Fsp3) is 0.467. The van der Waals surface area contributed by atoms with Gasteiger partial charge in [0, 0.05) is 17.8 Å². The number of rotatable bonds is 8. The minimum Gasteiger partial charge on any atom is -0.395 e. The van der Waals surface area contributed by atoms with E-state index in [9.17, 15) is 4.39 Å². The molecule has 2 rings (SSSR count). The van der Waals surface area contributed by atoms with Crippen molar-refractivity contribution in [3.8, 4) is 0 Å². The first-order valence-electron chi connectivity index (χ1n) is 6.75. The number of thiophene rings is 1. The van der Waals surface area contributed by atoms with E-state index in [1.807, 2.05) is 30.1 Å². The van der Waals surface area contributed by atoms with Gasteiger partial charge in [-0.3, -0.25) is 0 Å². The molecule has 0 bridgehead atoms. The average Bonchev–Trinajstić information content (AvgIpc) is 2.79. The number of aliphatic hydroxyl groups is 1. The topological polar surface area (TPSA) is 32.7 Å². The van der Waals surface area contributed by atoms with Crippen LogP contribution in [0.3, 0.4) is 0 Å². The molecule has 1 heterocycles. The number of nitrogens with zero attached hydrogens (tertiary/aromatic N) is 1.